The van der Waals surface area contributed by atoms with Gasteiger partial charge in [0.2, 0.25) is 0 Å². The van der Waals surface area contributed by atoms with Gasteiger partial charge in [0.25, 0.3) is 0 Å². The Labute approximate surface area is 126 Å². The summed E-state index contributed by atoms with van der Waals surface area (Å²) in [6.45, 7) is 2.59. The van der Waals surface area contributed by atoms with E-state index in [1.807, 2.05) is 37.4 Å². The Morgan fingerprint density at radius 3 is 2.73 bits per heavy atom. The zero-order valence-electron chi connectivity index (χ0n) is 12.1. The van der Waals surface area contributed by atoms with Crippen LogP contribution in [0.5, 0.6) is 0 Å². The number of aromatic amines is 1. The topological polar surface area (TPSA) is 72.3 Å². The highest BCUT2D eigenvalue weighted by Gasteiger charge is 2.15. The highest BCUT2D eigenvalue weighted by molar-refractivity contribution is 5.89. The van der Waals surface area contributed by atoms with Crippen LogP contribution in [0, 0.1) is 6.92 Å². The van der Waals surface area contributed by atoms with Crippen molar-refractivity contribution in [3.8, 4) is 11.4 Å². The second-order valence-electron chi connectivity index (χ2n) is 5.11. The molecule has 4 aromatic rings. The van der Waals surface area contributed by atoms with Gasteiger partial charge in [-0.15, -0.1) is 0 Å². The molecule has 0 bridgehead atoms. The van der Waals surface area contributed by atoms with Crippen molar-refractivity contribution >= 4 is 11.0 Å². The van der Waals surface area contributed by atoms with Crippen LogP contribution in [0.2, 0.25) is 0 Å². The van der Waals surface area contributed by atoms with Crippen molar-refractivity contribution in [2.75, 3.05) is 0 Å². The molecule has 4 rings (SSSR count). The molecule has 6 heteroatoms. The normalized spacial score (nSPS) is 11.1. The minimum Gasteiger partial charge on any atom is -0.346 e. The van der Waals surface area contributed by atoms with E-state index in [1.54, 1.807) is 11.1 Å². The largest absolute Gasteiger partial charge is 0.346 e. The summed E-state index contributed by atoms with van der Waals surface area (Å²) < 4.78 is 0. The monoisotopic (exact) mass is 290 g/mol. The summed E-state index contributed by atoms with van der Waals surface area (Å²) in [6.07, 6.45) is 3.40. The number of nitrogens with zero attached hydrogens (tertiary/aromatic N) is 5. The van der Waals surface area contributed by atoms with Crippen molar-refractivity contribution in [2.45, 2.75) is 13.5 Å². The van der Waals surface area contributed by atoms with Crippen LogP contribution in [-0.4, -0.2) is 29.9 Å². The molecule has 0 aliphatic rings. The zero-order valence-corrected chi connectivity index (χ0v) is 12.1. The predicted octanol–water partition coefficient (Wildman–Crippen LogP) is 2.57. The first-order chi connectivity index (χ1) is 10.8. The van der Waals surface area contributed by atoms with Gasteiger partial charge < -0.3 is 4.98 Å². The van der Waals surface area contributed by atoms with Crippen molar-refractivity contribution in [3.05, 3.63) is 60.2 Å². The van der Waals surface area contributed by atoms with Crippen LogP contribution in [0.25, 0.3) is 22.4 Å². The van der Waals surface area contributed by atoms with E-state index in [1.165, 1.54) is 5.56 Å². The van der Waals surface area contributed by atoms with Gasteiger partial charge in [-0.1, -0.05) is 30.3 Å². The van der Waals surface area contributed by atoms with Crippen molar-refractivity contribution in [1.82, 2.24) is 29.9 Å². The van der Waals surface area contributed by atoms with Crippen LogP contribution < -0.4 is 0 Å². The molecule has 1 aromatic carbocycles. The molecule has 0 saturated carbocycles. The Hall–Kier alpha value is -3.02. The Morgan fingerprint density at radius 2 is 1.86 bits per heavy atom. The van der Waals surface area contributed by atoms with Crippen LogP contribution in [0.3, 0.4) is 0 Å². The van der Waals surface area contributed by atoms with Crippen molar-refractivity contribution in [3.63, 3.8) is 0 Å². The summed E-state index contributed by atoms with van der Waals surface area (Å²) in [5.74, 6) is 0. The minimum atomic E-state index is 0.642. The molecule has 0 unspecified atom stereocenters. The van der Waals surface area contributed by atoms with E-state index in [-0.39, 0.29) is 0 Å². The molecule has 22 heavy (non-hydrogen) atoms. The number of hydrogen-bond acceptors (Lipinski definition) is 4. The maximum Gasteiger partial charge on any atom is 0.141 e. The predicted molar refractivity (Wildman–Crippen MR) is 83.2 cm³/mol. The minimum absolute atomic E-state index is 0.642. The van der Waals surface area contributed by atoms with Gasteiger partial charge in [-0.3, -0.25) is 0 Å². The second-order valence-corrected chi connectivity index (χ2v) is 5.11. The number of rotatable bonds is 3. The van der Waals surface area contributed by atoms with E-state index in [2.05, 4.69) is 37.3 Å². The number of nitrogens with one attached hydrogen (secondary N) is 1. The Kier molecular flexibility index (Phi) is 2.93. The lowest BCUT2D eigenvalue weighted by molar-refractivity contribution is 0.589. The number of hydrogen-bond donors (Lipinski definition) is 1. The third kappa shape index (κ3) is 2.14. The zero-order chi connectivity index (χ0) is 14.9. The molecule has 3 aromatic heterocycles. The number of aryl methyl sites for hydroxylation is 1. The number of benzene rings is 1. The number of H-pyrrole nitrogens is 1. The molecule has 1 N–H and O–H groups in total. The first-order valence-corrected chi connectivity index (χ1v) is 7.05. The molecule has 0 saturated heterocycles. The van der Waals surface area contributed by atoms with Crippen LogP contribution in [0.15, 0.2) is 48.9 Å². The van der Waals surface area contributed by atoms with Crippen molar-refractivity contribution in [1.29, 1.82) is 0 Å². The van der Waals surface area contributed by atoms with Gasteiger partial charge in [-0.2, -0.15) is 15.0 Å². The van der Waals surface area contributed by atoms with Gasteiger partial charge in [0.15, 0.2) is 0 Å². The lowest BCUT2D eigenvalue weighted by Gasteiger charge is -2.00. The smallest absolute Gasteiger partial charge is 0.141 e. The molecule has 0 spiro atoms. The third-order valence-corrected chi connectivity index (χ3v) is 3.57. The second kappa shape index (κ2) is 5.07. The van der Waals surface area contributed by atoms with E-state index in [0.29, 0.717) is 6.54 Å². The summed E-state index contributed by atoms with van der Waals surface area (Å²) in [5.41, 5.74) is 4.43. The summed E-state index contributed by atoms with van der Waals surface area (Å²) in [7, 11) is 0. The maximum atomic E-state index is 4.61. The van der Waals surface area contributed by atoms with Gasteiger partial charge in [-0.25, -0.2) is 9.97 Å². The van der Waals surface area contributed by atoms with Gasteiger partial charge in [0, 0.05) is 11.6 Å². The fourth-order valence-electron chi connectivity index (χ4n) is 2.53. The lowest BCUT2D eigenvalue weighted by atomic mass is 10.2. The molecular weight excluding hydrogens is 276 g/mol. The maximum absolute atomic E-state index is 4.61. The fourth-order valence-corrected chi connectivity index (χ4v) is 2.53. The van der Waals surface area contributed by atoms with E-state index in [9.17, 15) is 0 Å². The summed E-state index contributed by atoms with van der Waals surface area (Å²) in [5, 5.41) is 10.1. The van der Waals surface area contributed by atoms with Crippen molar-refractivity contribution in [2.24, 2.45) is 0 Å². The molecule has 0 aliphatic heterocycles. The molecule has 0 fully saturated rings. The number of aromatic nitrogens is 6. The third-order valence-electron chi connectivity index (χ3n) is 3.57. The van der Waals surface area contributed by atoms with Crippen LogP contribution in [0.4, 0.5) is 0 Å². The van der Waals surface area contributed by atoms with Crippen LogP contribution in [0.1, 0.15) is 11.3 Å². The Bertz CT molecular complexity index is 922. The van der Waals surface area contributed by atoms with Gasteiger partial charge >= 0.3 is 0 Å². The first kappa shape index (κ1) is 12.7. The molecule has 3 heterocycles. The molecule has 0 aliphatic carbocycles. The highest BCUT2D eigenvalue weighted by Crippen LogP contribution is 2.24. The highest BCUT2D eigenvalue weighted by atomic mass is 15.5. The molecular formula is C16H14N6. The van der Waals surface area contributed by atoms with Crippen LogP contribution >= 0.6 is 0 Å². The summed E-state index contributed by atoms with van der Waals surface area (Å²) in [4.78, 5) is 13.4. The summed E-state index contributed by atoms with van der Waals surface area (Å²) >= 11 is 0. The Morgan fingerprint density at radius 1 is 1.00 bits per heavy atom. The quantitative estimate of drug-likeness (QED) is 0.629. The molecule has 0 radical (unpaired) electrons. The average molecular weight is 290 g/mol. The van der Waals surface area contributed by atoms with Gasteiger partial charge in [0.1, 0.15) is 23.4 Å². The summed E-state index contributed by atoms with van der Waals surface area (Å²) in [6, 6.07) is 12.1. The average Bonchev–Trinajstić information content (AvgIpc) is 3.14. The lowest BCUT2D eigenvalue weighted by Crippen LogP contribution is -2.03. The Balaban J connectivity index is 1.76. The van der Waals surface area contributed by atoms with Crippen molar-refractivity contribution < 1.29 is 0 Å². The van der Waals surface area contributed by atoms with Crippen LogP contribution in [-0.2, 0) is 6.54 Å². The standard InChI is InChI=1S/C16H14N6/c1-11-14(15-13-7-8-17-16(13)19-10-18-15)21-22(20-11)9-12-5-3-2-4-6-12/h2-8,10H,9H2,1H3,(H,17,18,19). The first-order valence-electron chi connectivity index (χ1n) is 7.05. The van der Waals surface area contributed by atoms with E-state index >= 15 is 0 Å². The van der Waals surface area contributed by atoms with E-state index in [4.69, 9.17) is 0 Å². The van der Waals surface area contributed by atoms with Gasteiger partial charge in [0.05, 0.1) is 12.2 Å². The SMILES string of the molecule is Cc1nn(Cc2ccccc2)nc1-c1ncnc2[nH]ccc12. The van der Waals surface area contributed by atoms with E-state index in [0.717, 1.165) is 28.1 Å². The molecule has 0 amide bonds. The molecule has 0 atom stereocenters. The van der Waals surface area contributed by atoms with E-state index < -0.39 is 0 Å². The number of fused-ring (bicyclic) bond motifs is 1. The van der Waals surface area contributed by atoms with Gasteiger partial charge in [-0.05, 0) is 18.6 Å². The molecule has 6 nitrogen and oxygen atoms in total. The fraction of sp³-hybridized carbons (Fsp3) is 0.125. The molecule has 108 valence electrons.